The number of hydrogen-bond donors (Lipinski definition) is 0. The summed E-state index contributed by atoms with van der Waals surface area (Å²) < 4.78 is 2.66. The van der Waals surface area contributed by atoms with Crippen LogP contribution in [0.25, 0.3) is 55.2 Å². The summed E-state index contributed by atoms with van der Waals surface area (Å²) in [5.41, 5.74) is 17.2. The molecule has 178 valence electrons. The molecule has 10 rings (SSSR count). The highest BCUT2D eigenvalue weighted by Crippen LogP contribution is 2.49. The van der Waals surface area contributed by atoms with Crippen LogP contribution in [0.1, 0.15) is 0 Å². The largest absolute Gasteiger partial charge is 0.375 e. The van der Waals surface area contributed by atoms with Gasteiger partial charge in [-0.15, -0.1) is 0 Å². The Kier molecular flexibility index (Phi) is 3.54. The second-order valence-electron chi connectivity index (χ2n) is 10.9. The highest BCUT2D eigenvalue weighted by molar-refractivity contribution is 6.91. The molecule has 6 aromatic carbocycles. The van der Waals surface area contributed by atoms with Crippen LogP contribution in [0, 0.1) is 0 Å². The number of aromatic nitrogens is 1. The van der Waals surface area contributed by atoms with Crippen LogP contribution in [0.15, 0.2) is 127 Å². The molecule has 2 nitrogen and oxygen atoms in total. The van der Waals surface area contributed by atoms with Crippen molar-refractivity contribution >= 4 is 56.6 Å². The summed E-state index contributed by atoms with van der Waals surface area (Å²) >= 11 is 0. The minimum Gasteiger partial charge on any atom is -0.375 e. The van der Waals surface area contributed by atoms with Gasteiger partial charge in [0.15, 0.2) is 0 Å². The zero-order valence-electron chi connectivity index (χ0n) is 21.1. The van der Waals surface area contributed by atoms with Crippen LogP contribution in [-0.4, -0.2) is 11.3 Å². The fraction of sp³-hybridized carbons (Fsp3) is 0. The SMILES string of the molecule is c1ccc(-c2ccc(N3c4cccc5c4B4c6c(cccc63)-c3cccc6c7cccc-5c7n4c36)cc2)cc1. The van der Waals surface area contributed by atoms with Gasteiger partial charge in [-0.1, -0.05) is 103 Å². The lowest BCUT2D eigenvalue weighted by atomic mass is 9.43. The van der Waals surface area contributed by atoms with Gasteiger partial charge < -0.3 is 9.38 Å². The summed E-state index contributed by atoms with van der Waals surface area (Å²) in [6.07, 6.45) is 0. The van der Waals surface area contributed by atoms with Gasteiger partial charge in [-0.05, 0) is 57.4 Å². The Balaban J connectivity index is 1.32. The van der Waals surface area contributed by atoms with Gasteiger partial charge in [0.25, 0.3) is 0 Å². The maximum absolute atomic E-state index is 2.66. The van der Waals surface area contributed by atoms with Gasteiger partial charge in [0.1, 0.15) is 0 Å². The van der Waals surface area contributed by atoms with Gasteiger partial charge >= 0.3 is 6.85 Å². The van der Waals surface area contributed by atoms with Crippen LogP contribution < -0.4 is 15.8 Å². The first-order valence-electron chi connectivity index (χ1n) is 13.7. The summed E-state index contributed by atoms with van der Waals surface area (Å²) in [6.45, 7) is 0.173. The van der Waals surface area contributed by atoms with Crippen molar-refractivity contribution in [1.29, 1.82) is 0 Å². The molecule has 0 N–H and O–H groups in total. The van der Waals surface area contributed by atoms with Gasteiger partial charge in [0.05, 0.1) is 0 Å². The number of benzene rings is 6. The average molecular weight is 492 g/mol. The molecule has 4 heterocycles. The lowest BCUT2D eigenvalue weighted by molar-refractivity contribution is 1.25. The number of fused-ring (bicyclic) bond motifs is 3. The van der Waals surface area contributed by atoms with E-state index in [1.165, 1.54) is 83.2 Å². The molecule has 39 heavy (non-hydrogen) atoms. The molecule has 0 unspecified atom stereocenters. The predicted octanol–water partition coefficient (Wildman–Crippen LogP) is 7.86. The second kappa shape index (κ2) is 6.89. The van der Waals surface area contributed by atoms with E-state index in [9.17, 15) is 0 Å². The molecule has 7 aromatic rings. The number of hydrogen-bond acceptors (Lipinski definition) is 1. The molecular formula is C36H21BN2. The van der Waals surface area contributed by atoms with Gasteiger partial charge in [0, 0.05) is 50.0 Å². The number of nitrogens with zero attached hydrogens (tertiary/aromatic N) is 2. The van der Waals surface area contributed by atoms with E-state index in [0.29, 0.717) is 0 Å². The van der Waals surface area contributed by atoms with E-state index in [4.69, 9.17) is 0 Å². The zero-order valence-corrected chi connectivity index (χ0v) is 21.1. The summed E-state index contributed by atoms with van der Waals surface area (Å²) in [5, 5.41) is 2.71. The van der Waals surface area contributed by atoms with Crippen LogP contribution in [0.2, 0.25) is 0 Å². The highest BCUT2D eigenvalue weighted by Gasteiger charge is 2.46. The Labute approximate surface area is 226 Å². The molecule has 0 radical (unpaired) electrons. The van der Waals surface area contributed by atoms with Gasteiger partial charge in [0.2, 0.25) is 0 Å². The summed E-state index contributed by atoms with van der Waals surface area (Å²) in [7, 11) is 0. The molecule has 3 heteroatoms. The Morgan fingerprint density at radius 3 is 1.51 bits per heavy atom. The van der Waals surface area contributed by atoms with Gasteiger partial charge in [-0.25, -0.2) is 0 Å². The number of anilines is 3. The Bertz CT molecular complexity index is 2060. The Morgan fingerprint density at radius 2 is 0.923 bits per heavy atom. The normalized spacial score (nSPS) is 13.5. The summed E-state index contributed by atoms with van der Waals surface area (Å²) in [4.78, 5) is 2.49. The van der Waals surface area contributed by atoms with E-state index in [1.54, 1.807) is 0 Å². The highest BCUT2D eigenvalue weighted by atomic mass is 15.2. The summed E-state index contributed by atoms with van der Waals surface area (Å²) in [6, 6.07) is 47.1. The van der Waals surface area contributed by atoms with Crippen LogP contribution in [0.5, 0.6) is 0 Å². The van der Waals surface area contributed by atoms with E-state index in [1.807, 2.05) is 0 Å². The lowest BCUT2D eigenvalue weighted by Gasteiger charge is -2.43. The van der Waals surface area contributed by atoms with Crippen LogP contribution in [0.4, 0.5) is 17.1 Å². The second-order valence-corrected chi connectivity index (χ2v) is 10.9. The Hall–Kier alpha value is -5.02. The summed E-state index contributed by atoms with van der Waals surface area (Å²) in [5.74, 6) is 0. The fourth-order valence-electron chi connectivity index (χ4n) is 7.63. The van der Waals surface area contributed by atoms with E-state index in [0.717, 1.165) is 0 Å². The molecule has 0 amide bonds. The first-order chi connectivity index (χ1) is 19.4. The van der Waals surface area contributed by atoms with Gasteiger partial charge in [-0.3, -0.25) is 0 Å². The molecule has 3 aliphatic rings. The minimum atomic E-state index is 0.173. The third-order valence-corrected chi connectivity index (χ3v) is 9.11. The van der Waals surface area contributed by atoms with E-state index < -0.39 is 0 Å². The maximum Gasteiger partial charge on any atom is 0.333 e. The molecule has 0 fully saturated rings. The van der Waals surface area contributed by atoms with Crippen molar-refractivity contribution in [2.45, 2.75) is 0 Å². The lowest BCUT2D eigenvalue weighted by Crippen LogP contribution is -2.58. The molecule has 0 saturated carbocycles. The molecule has 0 aliphatic carbocycles. The standard InChI is InChI=1S/C36H21BN2/c1-2-8-22(9-3-1)23-18-20-24(21-19-23)38-31-16-6-10-25-27-12-4-14-29-30-15-5-13-28-26-11-7-17-32(38)34(26)37(33(25)31)39(35(27)29)36(28)30/h1-21H. The predicted molar refractivity (Wildman–Crippen MR) is 164 cm³/mol. The Morgan fingerprint density at radius 1 is 0.410 bits per heavy atom. The van der Waals surface area contributed by atoms with E-state index >= 15 is 0 Å². The molecule has 0 spiro atoms. The third-order valence-electron chi connectivity index (χ3n) is 9.11. The third kappa shape index (κ3) is 2.31. The van der Waals surface area contributed by atoms with E-state index in [2.05, 4.69) is 137 Å². The number of para-hydroxylation sites is 2. The quantitative estimate of drug-likeness (QED) is 0.223. The zero-order chi connectivity index (χ0) is 25.2. The average Bonchev–Trinajstić information content (AvgIpc) is 3.35. The molecule has 0 bridgehead atoms. The van der Waals surface area contributed by atoms with E-state index in [-0.39, 0.29) is 6.85 Å². The van der Waals surface area contributed by atoms with Crippen molar-refractivity contribution < 1.29 is 0 Å². The van der Waals surface area contributed by atoms with Crippen molar-refractivity contribution in [3.8, 4) is 33.4 Å². The fourth-order valence-corrected chi connectivity index (χ4v) is 7.63. The van der Waals surface area contributed by atoms with Crippen molar-refractivity contribution in [2.75, 3.05) is 4.90 Å². The van der Waals surface area contributed by atoms with Crippen molar-refractivity contribution in [3.63, 3.8) is 0 Å². The van der Waals surface area contributed by atoms with Gasteiger partial charge in [-0.2, -0.15) is 0 Å². The molecule has 3 aliphatic heterocycles. The monoisotopic (exact) mass is 492 g/mol. The molecular weight excluding hydrogens is 471 g/mol. The van der Waals surface area contributed by atoms with Crippen LogP contribution >= 0.6 is 0 Å². The molecule has 0 saturated heterocycles. The van der Waals surface area contributed by atoms with Crippen molar-refractivity contribution in [2.24, 2.45) is 0 Å². The molecule has 1 aromatic heterocycles. The maximum atomic E-state index is 2.66. The molecule has 0 atom stereocenters. The topological polar surface area (TPSA) is 8.17 Å². The minimum absolute atomic E-state index is 0.173. The van der Waals surface area contributed by atoms with Crippen molar-refractivity contribution in [1.82, 2.24) is 4.48 Å². The van der Waals surface area contributed by atoms with Crippen molar-refractivity contribution in [3.05, 3.63) is 127 Å². The van der Waals surface area contributed by atoms with Crippen LogP contribution in [-0.2, 0) is 0 Å². The first kappa shape index (κ1) is 20.0. The smallest absolute Gasteiger partial charge is 0.333 e. The number of rotatable bonds is 2. The first-order valence-corrected chi connectivity index (χ1v) is 13.7. The van der Waals surface area contributed by atoms with Crippen LogP contribution in [0.3, 0.4) is 0 Å².